The lowest BCUT2D eigenvalue weighted by Gasteiger charge is -2.26. The lowest BCUT2D eigenvalue weighted by atomic mass is 9.79. The Morgan fingerprint density at radius 2 is 1.34 bits per heavy atom. The zero-order valence-corrected chi connectivity index (χ0v) is 21.0. The van der Waals surface area contributed by atoms with Gasteiger partial charge in [-0.25, -0.2) is 0 Å². The molecule has 190 valence electrons. The molecule has 0 spiro atoms. The average molecular weight is 454 g/mol. The van der Waals surface area contributed by atoms with Crippen LogP contribution >= 0.6 is 0 Å². The molecule has 3 aliphatic rings. The molecule has 2 amide bonds. The Morgan fingerprint density at radius 3 is 1.53 bits per heavy atom. The van der Waals surface area contributed by atoms with Crippen LogP contribution in [0.25, 0.3) is 0 Å². The summed E-state index contributed by atoms with van der Waals surface area (Å²) >= 11 is 0. The van der Waals surface area contributed by atoms with Crippen molar-refractivity contribution in [2.24, 2.45) is 28.1 Å². The van der Waals surface area contributed by atoms with Crippen molar-refractivity contribution in [3.8, 4) is 0 Å². The fourth-order valence-electron chi connectivity index (χ4n) is 4.11. The number of hydrogen-bond acceptors (Lipinski definition) is 3. The largest absolute Gasteiger partial charge is 0.389 e. The molecule has 0 aromatic heterocycles. The third-order valence-electron chi connectivity index (χ3n) is 6.49. The van der Waals surface area contributed by atoms with E-state index in [4.69, 9.17) is 0 Å². The summed E-state index contributed by atoms with van der Waals surface area (Å²) in [7, 11) is 0. The minimum Gasteiger partial charge on any atom is -0.389 e. The van der Waals surface area contributed by atoms with E-state index in [0.29, 0.717) is 36.1 Å². The second-order valence-electron chi connectivity index (χ2n) is 12.3. The minimum absolute atomic E-state index is 0. The third-order valence-corrected chi connectivity index (χ3v) is 6.49. The topological polar surface area (TPSA) is 70.2 Å². The first-order chi connectivity index (χ1) is 13.5. The molecular formula is C27H55N3O2. The molecule has 3 rings (SSSR count). The van der Waals surface area contributed by atoms with Crippen LogP contribution < -0.4 is 16.0 Å². The summed E-state index contributed by atoms with van der Waals surface area (Å²) in [5, 5.41) is 9.07. The molecule has 5 nitrogen and oxygen atoms in total. The number of nitrogens with one attached hydrogen (secondary N) is 3. The molecule has 0 aromatic carbocycles. The first kappa shape index (κ1) is 32.7. The smallest absolute Gasteiger partial charge is 0.220 e. The molecule has 3 heterocycles. The number of rotatable bonds is 0. The predicted molar refractivity (Wildman–Crippen MR) is 139 cm³/mol. The number of allylic oxidation sites excluding steroid dienone is 1. The number of hydrogen-bond donors (Lipinski definition) is 3. The molecular weight excluding hydrogens is 398 g/mol. The maximum absolute atomic E-state index is 10.8. The Bertz CT molecular complexity index is 570. The van der Waals surface area contributed by atoms with Gasteiger partial charge in [-0.2, -0.15) is 0 Å². The Morgan fingerprint density at radius 1 is 0.781 bits per heavy atom. The molecule has 3 saturated heterocycles. The summed E-state index contributed by atoms with van der Waals surface area (Å²) in [6, 6.07) is 0.389. The van der Waals surface area contributed by atoms with Crippen molar-refractivity contribution in [1.29, 1.82) is 0 Å². The minimum atomic E-state index is 0. The van der Waals surface area contributed by atoms with Gasteiger partial charge >= 0.3 is 0 Å². The molecule has 3 N–H and O–H groups in total. The Balaban J connectivity index is 0. The van der Waals surface area contributed by atoms with Crippen LogP contribution in [-0.4, -0.2) is 30.9 Å². The van der Waals surface area contributed by atoms with E-state index >= 15 is 0 Å². The van der Waals surface area contributed by atoms with Crippen LogP contribution in [0.4, 0.5) is 0 Å². The van der Waals surface area contributed by atoms with Gasteiger partial charge in [-0.1, -0.05) is 83.7 Å². The van der Waals surface area contributed by atoms with Gasteiger partial charge in [0.05, 0.1) is 0 Å². The van der Waals surface area contributed by atoms with Crippen LogP contribution in [0, 0.1) is 28.1 Å². The SMILES string of the molecule is C.C.C=C1NCCC1C(C)(C)C.CC(C)(C)C1CCC(=O)N1.CC(C)(C)C1CNC(=O)C1. The molecule has 0 aromatic rings. The van der Waals surface area contributed by atoms with E-state index in [1.54, 1.807) is 0 Å². The summed E-state index contributed by atoms with van der Waals surface area (Å²) in [5.74, 6) is 1.62. The van der Waals surface area contributed by atoms with E-state index in [9.17, 15) is 9.59 Å². The van der Waals surface area contributed by atoms with Gasteiger partial charge in [0.25, 0.3) is 0 Å². The van der Waals surface area contributed by atoms with Gasteiger partial charge in [0.2, 0.25) is 11.8 Å². The highest BCUT2D eigenvalue weighted by atomic mass is 16.2. The Hall–Kier alpha value is -1.52. The molecule has 0 aliphatic carbocycles. The molecule has 3 aliphatic heterocycles. The molecule has 3 atom stereocenters. The summed E-state index contributed by atoms with van der Waals surface area (Å²) in [6.45, 7) is 25.8. The van der Waals surface area contributed by atoms with E-state index in [2.05, 4.69) is 84.8 Å². The third kappa shape index (κ3) is 10.9. The molecule has 5 heteroatoms. The van der Waals surface area contributed by atoms with Crippen molar-refractivity contribution in [3.63, 3.8) is 0 Å². The standard InChI is InChI=1S/C9H17N.2C8H15NO.2CH4/c1-7-8(5-6-10-7)9(2,3)4;1-8(2,3)6-4-7(10)9-5-6;1-8(2,3)6-4-5-7(10)9-6;;/h8,10H,1,5-6H2,2-4H3;2*6H,4-5H2,1-3H3,(H,9,10);2*1H4. The van der Waals surface area contributed by atoms with Crippen molar-refractivity contribution in [1.82, 2.24) is 16.0 Å². The van der Waals surface area contributed by atoms with Gasteiger partial charge in [0.15, 0.2) is 0 Å². The van der Waals surface area contributed by atoms with E-state index < -0.39 is 0 Å². The van der Waals surface area contributed by atoms with E-state index in [-0.39, 0.29) is 37.5 Å². The second kappa shape index (κ2) is 12.6. The van der Waals surface area contributed by atoms with Crippen LogP contribution in [0.1, 0.15) is 103 Å². The van der Waals surface area contributed by atoms with Crippen LogP contribution in [0.5, 0.6) is 0 Å². The van der Waals surface area contributed by atoms with E-state index in [1.807, 2.05) is 0 Å². The van der Waals surface area contributed by atoms with Crippen molar-refractivity contribution in [2.45, 2.75) is 109 Å². The maximum atomic E-state index is 10.8. The second-order valence-corrected chi connectivity index (χ2v) is 12.3. The van der Waals surface area contributed by atoms with Crippen LogP contribution in [-0.2, 0) is 9.59 Å². The number of carbonyl (C=O) groups is 2. The zero-order chi connectivity index (χ0) is 23.3. The normalized spacial score (nSPS) is 25.0. The van der Waals surface area contributed by atoms with Crippen molar-refractivity contribution < 1.29 is 9.59 Å². The highest BCUT2D eigenvalue weighted by Crippen LogP contribution is 2.35. The maximum Gasteiger partial charge on any atom is 0.220 e. The van der Waals surface area contributed by atoms with Gasteiger partial charge in [-0.3, -0.25) is 9.59 Å². The molecule has 0 saturated carbocycles. The van der Waals surface area contributed by atoms with Crippen molar-refractivity contribution in [2.75, 3.05) is 13.1 Å². The molecule has 3 unspecified atom stereocenters. The summed E-state index contributed by atoms with van der Waals surface area (Å²) in [5.41, 5.74) is 2.12. The van der Waals surface area contributed by atoms with Crippen LogP contribution in [0.2, 0.25) is 0 Å². The lowest BCUT2D eigenvalue weighted by Crippen LogP contribution is -2.36. The van der Waals surface area contributed by atoms with Crippen LogP contribution in [0.3, 0.4) is 0 Å². The van der Waals surface area contributed by atoms with Gasteiger partial charge in [0.1, 0.15) is 0 Å². The molecule has 3 fully saturated rings. The number of carbonyl (C=O) groups excluding carboxylic acids is 2. The van der Waals surface area contributed by atoms with Crippen molar-refractivity contribution >= 4 is 11.8 Å². The van der Waals surface area contributed by atoms with Gasteiger partial charge in [0, 0.05) is 43.6 Å². The molecule has 0 bridgehead atoms. The van der Waals surface area contributed by atoms with Gasteiger partial charge in [-0.05, 0) is 35.0 Å². The summed E-state index contributed by atoms with van der Waals surface area (Å²) < 4.78 is 0. The van der Waals surface area contributed by atoms with E-state index in [1.165, 1.54) is 12.1 Å². The number of amides is 2. The monoisotopic (exact) mass is 453 g/mol. The molecule has 0 radical (unpaired) electrons. The van der Waals surface area contributed by atoms with Crippen molar-refractivity contribution in [3.05, 3.63) is 12.3 Å². The van der Waals surface area contributed by atoms with E-state index in [0.717, 1.165) is 19.5 Å². The van der Waals surface area contributed by atoms with Gasteiger partial charge < -0.3 is 16.0 Å². The Labute approximate surface area is 200 Å². The predicted octanol–water partition coefficient (Wildman–Crippen LogP) is 5.91. The zero-order valence-electron chi connectivity index (χ0n) is 21.0. The highest BCUT2D eigenvalue weighted by molar-refractivity contribution is 5.78. The lowest BCUT2D eigenvalue weighted by molar-refractivity contribution is -0.120. The highest BCUT2D eigenvalue weighted by Gasteiger charge is 2.32. The summed E-state index contributed by atoms with van der Waals surface area (Å²) in [4.78, 5) is 21.6. The molecule has 32 heavy (non-hydrogen) atoms. The first-order valence-electron chi connectivity index (χ1n) is 11.5. The van der Waals surface area contributed by atoms with Crippen LogP contribution in [0.15, 0.2) is 12.3 Å². The average Bonchev–Trinajstić information content (AvgIpc) is 3.27. The fourth-order valence-corrected chi connectivity index (χ4v) is 4.11. The fraction of sp³-hybridized carbons (Fsp3) is 0.852. The Kier molecular flexibility index (Phi) is 12.9. The quantitative estimate of drug-likeness (QED) is 0.427. The van der Waals surface area contributed by atoms with Gasteiger partial charge in [-0.15, -0.1) is 0 Å². The summed E-state index contributed by atoms with van der Waals surface area (Å²) in [6.07, 6.45) is 3.68. The first-order valence-corrected chi connectivity index (χ1v) is 11.5.